The summed E-state index contributed by atoms with van der Waals surface area (Å²) in [5.41, 5.74) is 0.551. The van der Waals surface area contributed by atoms with Crippen LogP contribution in [0.15, 0.2) is 24.3 Å². The van der Waals surface area contributed by atoms with E-state index in [0.717, 1.165) is 43.1 Å². The molecule has 0 radical (unpaired) electrons. The monoisotopic (exact) mass is 267 g/mol. The first kappa shape index (κ1) is 12.5. The Kier molecular flexibility index (Phi) is 3.59. The summed E-state index contributed by atoms with van der Waals surface area (Å²) in [7, 11) is 0. The number of hydrogen-bond acceptors (Lipinski definition) is 3. The van der Waals surface area contributed by atoms with Gasteiger partial charge in [0.15, 0.2) is 0 Å². The first-order chi connectivity index (χ1) is 8.82. The first-order valence-corrected chi connectivity index (χ1v) is 7.67. The highest BCUT2D eigenvalue weighted by atomic mass is 32.2. The Balaban J connectivity index is 1.94. The molecule has 0 aromatic heterocycles. The third-order valence-corrected chi connectivity index (χ3v) is 4.91. The molecule has 3 rings (SSSR count). The molecule has 0 amide bonds. The average molecular weight is 267 g/mol. The van der Waals surface area contributed by atoms with Crippen LogP contribution in [0.2, 0.25) is 0 Å². The van der Waals surface area contributed by atoms with E-state index in [1.165, 1.54) is 6.07 Å². The molecule has 2 saturated heterocycles. The van der Waals surface area contributed by atoms with Gasteiger partial charge in [-0.2, -0.15) is 11.8 Å². The smallest absolute Gasteiger partial charge is 0.128 e. The van der Waals surface area contributed by atoms with Crippen LogP contribution in [-0.4, -0.2) is 30.3 Å². The van der Waals surface area contributed by atoms with Gasteiger partial charge in [0.1, 0.15) is 5.82 Å². The number of thioether (sulfide) groups is 1. The molecule has 0 saturated carbocycles. The van der Waals surface area contributed by atoms with Crippen LogP contribution in [0, 0.1) is 5.82 Å². The Labute approximate surface area is 111 Å². The maximum absolute atomic E-state index is 14.0. The molecule has 2 nitrogen and oxygen atoms in total. The van der Waals surface area contributed by atoms with Crippen LogP contribution >= 0.6 is 11.8 Å². The molecule has 1 unspecified atom stereocenters. The fraction of sp³-hybridized carbons (Fsp3) is 0.571. The number of nitrogens with one attached hydrogen (secondary N) is 1. The summed E-state index contributed by atoms with van der Waals surface area (Å²) in [5.74, 6) is 2.08. The quantitative estimate of drug-likeness (QED) is 0.845. The Morgan fingerprint density at radius 2 is 2.06 bits per heavy atom. The minimum Gasteiger partial charge on any atom is -0.372 e. The van der Waals surface area contributed by atoms with Crippen molar-refractivity contribution < 1.29 is 9.13 Å². The Morgan fingerprint density at radius 1 is 1.28 bits per heavy atom. The molecule has 1 spiro atoms. The van der Waals surface area contributed by atoms with Gasteiger partial charge in [-0.25, -0.2) is 4.39 Å². The summed E-state index contributed by atoms with van der Waals surface area (Å²) in [4.78, 5) is 0. The number of rotatable bonds is 1. The molecule has 18 heavy (non-hydrogen) atoms. The fourth-order valence-electron chi connectivity index (χ4n) is 2.98. The van der Waals surface area contributed by atoms with Gasteiger partial charge in [-0.05, 0) is 30.4 Å². The second-order valence-electron chi connectivity index (χ2n) is 4.93. The van der Waals surface area contributed by atoms with Gasteiger partial charge in [-0.1, -0.05) is 18.2 Å². The predicted octanol–water partition coefficient (Wildman–Crippen LogP) is 2.75. The second kappa shape index (κ2) is 5.19. The van der Waals surface area contributed by atoms with Gasteiger partial charge in [0.05, 0.1) is 18.2 Å². The molecular weight excluding hydrogens is 249 g/mol. The molecule has 0 aliphatic carbocycles. The van der Waals surface area contributed by atoms with Crippen molar-refractivity contribution in [3.05, 3.63) is 35.6 Å². The van der Waals surface area contributed by atoms with E-state index in [2.05, 4.69) is 5.32 Å². The Hall–Kier alpha value is -0.580. The zero-order chi connectivity index (χ0) is 12.4. The third-order valence-electron chi connectivity index (χ3n) is 3.92. The summed E-state index contributed by atoms with van der Waals surface area (Å²) >= 11 is 1.96. The summed E-state index contributed by atoms with van der Waals surface area (Å²) in [6.07, 6.45) is 2.01. The Bertz CT molecular complexity index is 412. The van der Waals surface area contributed by atoms with E-state index in [1.807, 2.05) is 23.9 Å². The van der Waals surface area contributed by atoms with Crippen molar-refractivity contribution >= 4 is 11.8 Å². The number of benzene rings is 1. The average Bonchev–Trinajstić information content (AvgIpc) is 2.41. The first-order valence-electron chi connectivity index (χ1n) is 6.51. The third kappa shape index (κ3) is 2.17. The molecule has 0 bridgehead atoms. The zero-order valence-electron chi connectivity index (χ0n) is 10.3. The van der Waals surface area contributed by atoms with Crippen molar-refractivity contribution in [1.82, 2.24) is 5.32 Å². The van der Waals surface area contributed by atoms with Gasteiger partial charge in [-0.3, -0.25) is 0 Å². The highest BCUT2D eigenvalue weighted by Crippen LogP contribution is 2.42. The minimum absolute atomic E-state index is 0.00616. The molecule has 1 N–H and O–H groups in total. The number of morpholine rings is 1. The van der Waals surface area contributed by atoms with Crippen molar-refractivity contribution in [2.24, 2.45) is 0 Å². The van der Waals surface area contributed by atoms with Crippen LogP contribution in [-0.2, 0) is 4.74 Å². The molecule has 2 aliphatic heterocycles. The van der Waals surface area contributed by atoms with Crippen LogP contribution in [0.1, 0.15) is 24.4 Å². The lowest BCUT2D eigenvalue weighted by atomic mass is 9.82. The molecule has 1 aromatic rings. The van der Waals surface area contributed by atoms with E-state index < -0.39 is 0 Å². The molecular formula is C14H18FNOS. The van der Waals surface area contributed by atoms with Gasteiger partial charge in [-0.15, -0.1) is 0 Å². The van der Waals surface area contributed by atoms with E-state index in [-0.39, 0.29) is 17.5 Å². The topological polar surface area (TPSA) is 21.3 Å². The van der Waals surface area contributed by atoms with Crippen molar-refractivity contribution in [2.75, 3.05) is 24.7 Å². The number of hydrogen-bond donors (Lipinski definition) is 1. The Morgan fingerprint density at radius 3 is 2.83 bits per heavy atom. The summed E-state index contributed by atoms with van der Waals surface area (Å²) in [5, 5.41) is 3.46. The summed E-state index contributed by atoms with van der Waals surface area (Å²) in [6, 6.07) is 7.06. The van der Waals surface area contributed by atoms with Gasteiger partial charge in [0, 0.05) is 12.1 Å². The van der Waals surface area contributed by atoms with Gasteiger partial charge >= 0.3 is 0 Å². The zero-order valence-corrected chi connectivity index (χ0v) is 11.1. The number of ether oxygens (including phenoxy) is 1. The predicted molar refractivity (Wildman–Crippen MR) is 72.4 cm³/mol. The largest absolute Gasteiger partial charge is 0.372 e. The summed E-state index contributed by atoms with van der Waals surface area (Å²) in [6.45, 7) is 1.53. The van der Waals surface area contributed by atoms with Gasteiger partial charge in [0.25, 0.3) is 0 Å². The lowest BCUT2D eigenvalue weighted by Crippen LogP contribution is -2.54. The molecule has 2 heterocycles. The van der Waals surface area contributed by atoms with Crippen LogP contribution in [0.25, 0.3) is 0 Å². The van der Waals surface area contributed by atoms with E-state index >= 15 is 0 Å². The number of halogens is 1. The fourth-order valence-corrected chi connectivity index (χ4v) is 4.16. The van der Waals surface area contributed by atoms with Crippen molar-refractivity contribution in [3.8, 4) is 0 Å². The van der Waals surface area contributed by atoms with Gasteiger partial charge in [0.2, 0.25) is 0 Å². The lowest BCUT2D eigenvalue weighted by molar-refractivity contribution is -0.104. The van der Waals surface area contributed by atoms with Crippen molar-refractivity contribution in [3.63, 3.8) is 0 Å². The molecule has 2 aliphatic rings. The highest BCUT2D eigenvalue weighted by molar-refractivity contribution is 7.99. The maximum atomic E-state index is 14.0. The second-order valence-corrected chi connectivity index (χ2v) is 6.16. The minimum atomic E-state index is -0.203. The maximum Gasteiger partial charge on any atom is 0.128 e. The molecule has 4 heteroatoms. The van der Waals surface area contributed by atoms with E-state index in [4.69, 9.17) is 4.74 Å². The van der Waals surface area contributed by atoms with Crippen LogP contribution in [0.3, 0.4) is 0 Å². The van der Waals surface area contributed by atoms with E-state index in [0.29, 0.717) is 0 Å². The van der Waals surface area contributed by atoms with Gasteiger partial charge < -0.3 is 10.1 Å². The van der Waals surface area contributed by atoms with Crippen LogP contribution in [0.5, 0.6) is 0 Å². The normalized spacial score (nSPS) is 27.3. The SMILES string of the molecule is Fc1ccccc1C1NCCOC12CCSCC2. The van der Waals surface area contributed by atoms with Crippen LogP contribution in [0.4, 0.5) is 4.39 Å². The molecule has 2 fully saturated rings. The van der Waals surface area contributed by atoms with Crippen LogP contribution < -0.4 is 5.32 Å². The molecule has 1 aromatic carbocycles. The molecule has 1 atom stereocenters. The summed E-state index contributed by atoms with van der Waals surface area (Å²) < 4.78 is 20.1. The molecule has 98 valence electrons. The van der Waals surface area contributed by atoms with Crippen molar-refractivity contribution in [1.29, 1.82) is 0 Å². The highest BCUT2D eigenvalue weighted by Gasteiger charge is 2.44. The van der Waals surface area contributed by atoms with E-state index in [1.54, 1.807) is 6.07 Å². The standard InChI is InChI=1S/C14H18FNOS/c15-12-4-2-1-3-11(12)13-14(17-8-7-16-13)5-9-18-10-6-14/h1-4,13,16H,5-10H2. The van der Waals surface area contributed by atoms with Crippen molar-refractivity contribution in [2.45, 2.75) is 24.5 Å². The van der Waals surface area contributed by atoms with E-state index in [9.17, 15) is 4.39 Å². The lowest BCUT2D eigenvalue weighted by Gasteiger charge is -2.47.